The molecule has 0 atom stereocenters. The zero-order valence-electron chi connectivity index (χ0n) is 10.1. The van der Waals surface area contributed by atoms with E-state index in [4.69, 9.17) is 35.4 Å². The Morgan fingerprint density at radius 2 is 1.95 bits per heavy atom. The summed E-state index contributed by atoms with van der Waals surface area (Å²) in [5, 5.41) is 1.33. The SMILES string of the molecule is Cc1ccc(Cl)cc1-n1c(=S)[nH]c2cccc(Cl)c21. The van der Waals surface area contributed by atoms with Gasteiger partial charge < -0.3 is 4.98 Å². The van der Waals surface area contributed by atoms with Crippen LogP contribution in [0, 0.1) is 11.7 Å². The van der Waals surface area contributed by atoms with Crippen LogP contribution in [0.25, 0.3) is 16.7 Å². The van der Waals surface area contributed by atoms with Crippen molar-refractivity contribution in [2.45, 2.75) is 6.92 Å². The molecule has 3 aromatic rings. The molecule has 0 bridgehead atoms. The molecule has 3 rings (SSSR count). The lowest BCUT2D eigenvalue weighted by Crippen LogP contribution is -1.97. The molecular formula is C14H10Cl2N2S. The smallest absolute Gasteiger partial charge is 0.182 e. The summed E-state index contributed by atoms with van der Waals surface area (Å²) in [6, 6.07) is 11.4. The summed E-state index contributed by atoms with van der Waals surface area (Å²) < 4.78 is 2.53. The highest BCUT2D eigenvalue weighted by molar-refractivity contribution is 7.71. The normalized spacial score (nSPS) is 11.1. The Kier molecular flexibility index (Phi) is 3.13. The van der Waals surface area contributed by atoms with Gasteiger partial charge in [0.2, 0.25) is 0 Å². The van der Waals surface area contributed by atoms with Crippen molar-refractivity contribution in [1.29, 1.82) is 0 Å². The molecule has 1 heterocycles. The molecule has 0 aliphatic heterocycles. The zero-order valence-corrected chi connectivity index (χ0v) is 12.4. The van der Waals surface area contributed by atoms with Crippen LogP contribution in [0.2, 0.25) is 10.0 Å². The van der Waals surface area contributed by atoms with Gasteiger partial charge in [0.1, 0.15) is 0 Å². The molecule has 0 saturated carbocycles. The van der Waals surface area contributed by atoms with Crippen molar-refractivity contribution in [3.63, 3.8) is 0 Å². The van der Waals surface area contributed by atoms with Crippen molar-refractivity contribution in [2.75, 3.05) is 0 Å². The van der Waals surface area contributed by atoms with Gasteiger partial charge in [-0.3, -0.25) is 4.57 Å². The first kappa shape index (κ1) is 12.7. The summed E-state index contributed by atoms with van der Waals surface area (Å²) in [5.41, 5.74) is 3.81. The minimum atomic E-state index is 0.605. The molecule has 1 aromatic heterocycles. The van der Waals surface area contributed by atoms with Gasteiger partial charge in [0.05, 0.1) is 21.7 Å². The summed E-state index contributed by atoms with van der Waals surface area (Å²) in [5.74, 6) is 0. The fraction of sp³-hybridized carbons (Fsp3) is 0.0714. The van der Waals surface area contributed by atoms with Gasteiger partial charge in [0, 0.05) is 5.02 Å². The lowest BCUT2D eigenvalue weighted by Gasteiger charge is -2.09. The number of H-pyrrole nitrogens is 1. The van der Waals surface area contributed by atoms with Crippen molar-refractivity contribution in [3.05, 3.63) is 56.8 Å². The molecule has 19 heavy (non-hydrogen) atoms. The average molecular weight is 309 g/mol. The largest absolute Gasteiger partial charge is 0.330 e. The highest BCUT2D eigenvalue weighted by atomic mass is 35.5. The van der Waals surface area contributed by atoms with E-state index in [2.05, 4.69) is 4.98 Å². The van der Waals surface area contributed by atoms with Gasteiger partial charge in [-0.05, 0) is 49.0 Å². The molecular weight excluding hydrogens is 299 g/mol. The molecule has 1 N–H and O–H groups in total. The molecule has 0 aliphatic rings. The molecule has 0 spiro atoms. The monoisotopic (exact) mass is 308 g/mol. The van der Waals surface area contributed by atoms with Crippen LogP contribution in [0.5, 0.6) is 0 Å². The third kappa shape index (κ3) is 2.08. The van der Waals surface area contributed by atoms with Gasteiger partial charge in [-0.25, -0.2) is 0 Å². The fourth-order valence-corrected chi connectivity index (χ4v) is 2.89. The number of fused-ring (bicyclic) bond motifs is 1. The number of rotatable bonds is 1. The van der Waals surface area contributed by atoms with E-state index >= 15 is 0 Å². The molecule has 5 heteroatoms. The number of halogens is 2. The number of para-hydroxylation sites is 1. The van der Waals surface area contributed by atoms with E-state index in [1.54, 1.807) is 0 Å². The first-order valence-corrected chi connectivity index (χ1v) is 6.90. The second kappa shape index (κ2) is 4.67. The summed E-state index contributed by atoms with van der Waals surface area (Å²) in [6.07, 6.45) is 0. The third-order valence-electron chi connectivity index (χ3n) is 3.07. The first-order valence-electron chi connectivity index (χ1n) is 5.73. The lowest BCUT2D eigenvalue weighted by molar-refractivity contribution is 1.05. The predicted molar refractivity (Wildman–Crippen MR) is 83.2 cm³/mol. The third-order valence-corrected chi connectivity index (χ3v) is 3.89. The number of aromatic nitrogens is 2. The number of imidazole rings is 1. The molecule has 0 aliphatic carbocycles. The van der Waals surface area contributed by atoms with Crippen molar-refractivity contribution in [1.82, 2.24) is 9.55 Å². The summed E-state index contributed by atoms with van der Waals surface area (Å²) in [7, 11) is 0. The van der Waals surface area contributed by atoms with Crippen LogP contribution in [0.3, 0.4) is 0 Å². The Balaban J connectivity index is 2.46. The highest BCUT2D eigenvalue weighted by Crippen LogP contribution is 2.29. The van der Waals surface area contributed by atoms with Crippen molar-refractivity contribution >= 4 is 46.5 Å². The molecule has 2 aromatic carbocycles. The number of nitrogens with zero attached hydrogens (tertiary/aromatic N) is 1. The Labute approximate surface area is 125 Å². The van der Waals surface area contributed by atoms with Crippen LogP contribution >= 0.6 is 35.4 Å². The van der Waals surface area contributed by atoms with Crippen LogP contribution in [0.1, 0.15) is 5.56 Å². The lowest BCUT2D eigenvalue weighted by atomic mass is 10.2. The Bertz CT molecular complexity index is 833. The predicted octanol–water partition coefficient (Wildman–Crippen LogP) is 5.30. The number of nitrogens with one attached hydrogen (secondary N) is 1. The van der Waals surface area contributed by atoms with Crippen LogP contribution < -0.4 is 0 Å². The maximum atomic E-state index is 6.30. The topological polar surface area (TPSA) is 20.7 Å². The molecule has 0 radical (unpaired) electrons. The zero-order chi connectivity index (χ0) is 13.6. The van der Waals surface area contributed by atoms with E-state index in [-0.39, 0.29) is 0 Å². The van der Waals surface area contributed by atoms with Gasteiger partial charge in [0.15, 0.2) is 4.77 Å². The minimum absolute atomic E-state index is 0.605. The summed E-state index contributed by atoms with van der Waals surface area (Å²) >= 11 is 17.8. The molecule has 96 valence electrons. The molecule has 0 amide bonds. The number of benzene rings is 2. The van der Waals surface area contributed by atoms with Crippen LogP contribution in [0.15, 0.2) is 36.4 Å². The van der Waals surface area contributed by atoms with Gasteiger partial charge in [-0.2, -0.15) is 0 Å². The molecule has 2 nitrogen and oxygen atoms in total. The van der Waals surface area contributed by atoms with Crippen molar-refractivity contribution < 1.29 is 0 Å². The second-order valence-corrected chi connectivity index (χ2v) is 5.56. The van der Waals surface area contributed by atoms with Crippen LogP contribution in [0.4, 0.5) is 0 Å². The van der Waals surface area contributed by atoms with E-state index in [1.807, 2.05) is 47.9 Å². The van der Waals surface area contributed by atoms with Gasteiger partial charge in [-0.15, -0.1) is 0 Å². The molecule has 0 unspecified atom stereocenters. The first-order chi connectivity index (χ1) is 9.08. The van der Waals surface area contributed by atoms with Crippen molar-refractivity contribution in [2.24, 2.45) is 0 Å². The highest BCUT2D eigenvalue weighted by Gasteiger charge is 2.11. The van der Waals surface area contributed by atoms with Crippen molar-refractivity contribution in [3.8, 4) is 5.69 Å². The average Bonchev–Trinajstić information content (AvgIpc) is 2.70. The van der Waals surface area contributed by atoms with Gasteiger partial charge in [-0.1, -0.05) is 35.3 Å². The maximum Gasteiger partial charge on any atom is 0.182 e. The Morgan fingerprint density at radius 3 is 2.74 bits per heavy atom. The van der Waals surface area contributed by atoms with E-state index in [1.165, 1.54) is 0 Å². The Morgan fingerprint density at radius 1 is 1.16 bits per heavy atom. The van der Waals surface area contributed by atoms with E-state index in [0.29, 0.717) is 14.8 Å². The summed E-state index contributed by atoms with van der Waals surface area (Å²) in [4.78, 5) is 3.16. The number of hydrogen-bond donors (Lipinski definition) is 1. The number of aryl methyl sites for hydroxylation is 1. The molecule has 0 fully saturated rings. The second-order valence-electron chi connectivity index (χ2n) is 4.33. The van der Waals surface area contributed by atoms with Crippen LogP contribution in [-0.4, -0.2) is 9.55 Å². The van der Waals surface area contributed by atoms with Crippen LogP contribution in [-0.2, 0) is 0 Å². The van der Waals surface area contributed by atoms with Gasteiger partial charge in [0.25, 0.3) is 0 Å². The Hall–Kier alpha value is -1.29. The quantitative estimate of drug-likeness (QED) is 0.605. The van der Waals surface area contributed by atoms with E-state index in [0.717, 1.165) is 22.3 Å². The number of aromatic amines is 1. The summed E-state index contributed by atoms with van der Waals surface area (Å²) in [6.45, 7) is 2.02. The van der Waals surface area contributed by atoms with E-state index < -0.39 is 0 Å². The number of hydrogen-bond acceptors (Lipinski definition) is 1. The molecule has 0 saturated heterocycles. The maximum absolute atomic E-state index is 6.30. The fourth-order valence-electron chi connectivity index (χ4n) is 2.17. The van der Waals surface area contributed by atoms with E-state index in [9.17, 15) is 0 Å². The standard InChI is InChI=1S/C14H10Cl2N2S/c1-8-5-6-9(15)7-12(8)18-13-10(16)3-2-4-11(13)17-14(18)19/h2-7H,1H3,(H,17,19). The minimum Gasteiger partial charge on any atom is -0.330 e. The van der Waals surface area contributed by atoms with Gasteiger partial charge >= 0.3 is 0 Å².